The summed E-state index contributed by atoms with van der Waals surface area (Å²) in [5.41, 5.74) is 5.72. The summed E-state index contributed by atoms with van der Waals surface area (Å²) in [5, 5.41) is 9.28. The highest BCUT2D eigenvalue weighted by Gasteiger charge is 2.08. The van der Waals surface area contributed by atoms with E-state index in [1.54, 1.807) is 0 Å². The Morgan fingerprint density at radius 1 is 1.14 bits per heavy atom. The van der Waals surface area contributed by atoms with Crippen LogP contribution < -0.4 is 5.73 Å². The van der Waals surface area contributed by atoms with Crippen molar-refractivity contribution in [1.82, 2.24) is 0 Å². The van der Waals surface area contributed by atoms with E-state index in [4.69, 9.17) is 5.73 Å². The van der Waals surface area contributed by atoms with Gasteiger partial charge in [0.1, 0.15) is 5.75 Å². The van der Waals surface area contributed by atoms with Crippen LogP contribution in [-0.4, -0.2) is 11.7 Å². The Labute approximate surface area is 81.4 Å². The molecule has 0 bridgehead atoms. The molecule has 0 aliphatic rings. The molecule has 2 nitrogen and oxygen atoms in total. The van der Waals surface area contributed by atoms with Crippen LogP contribution in [0.5, 0.6) is 5.75 Å². The average Bonchev–Trinajstić information content (AvgIpc) is 2.14. The van der Waals surface area contributed by atoms with Gasteiger partial charge in [0.15, 0.2) is 11.6 Å². The minimum Gasteiger partial charge on any atom is -0.508 e. The molecule has 0 spiro atoms. The highest BCUT2D eigenvalue weighted by atomic mass is 19.2. The summed E-state index contributed by atoms with van der Waals surface area (Å²) in [4.78, 5) is 0. The SMILES string of the molecule is NCCCCc1cc(F)c(F)cc1O. The van der Waals surface area contributed by atoms with Crippen LogP contribution in [-0.2, 0) is 6.42 Å². The average molecular weight is 201 g/mol. The molecule has 3 N–H and O–H groups in total. The summed E-state index contributed by atoms with van der Waals surface area (Å²) in [6, 6.07) is 1.83. The van der Waals surface area contributed by atoms with Gasteiger partial charge in [0, 0.05) is 6.07 Å². The maximum atomic E-state index is 12.8. The molecule has 0 amide bonds. The number of aryl methyl sites for hydroxylation is 1. The van der Waals surface area contributed by atoms with Gasteiger partial charge in [-0.2, -0.15) is 0 Å². The fourth-order valence-electron chi connectivity index (χ4n) is 1.24. The molecule has 14 heavy (non-hydrogen) atoms. The third-order valence-electron chi connectivity index (χ3n) is 2.02. The monoisotopic (exact) mass is 201 g/mol. The largest absolute Gasteiger partial charge is 0.508 e. The van der Waals surface area contributed by atoms with E-state index in [2.05, 4.69) is 0 Å². The van der Waals surface area contributed by atoms with Crippen LogP contribution in [0.3, 0.4) is 0 Å². The van der Waals surface area contributed by atoms with E-state index in [1.165, 1.54) is 0 Å². The van der Waals surface area contributed by atoms with Crippen LogP contribution in [0.1, 0.15) is 18.4 Å². The molecule has 1 aromatic carbocycles. The zero-order chi connectivity index (χ0) is 10.6. The molecule has 0 heterocycles. The molecule has 0 aromatic heterocycles. The number of unbranched alkanes of at least 4 members (excludes halogenated alkanes) is 1. The topological polar surface area (TPSA) is 46.2 Å². The van der Waals surface area contributed by atoms with E-state index < -0.39 is 11.6 Å². The molecule has 4 heteroatoms. The fourth-order valence-corrected chi connectivity index (χ4v) is 1.24. The Morgan fingerprint density at radius 2 is 1.79 bits per heavy atom. The number of hydrogen-bond acceptors (Lipinski definition) is 2. The fraction of sp³-hybridized carbons (Fsp3) is 0.400. The molecule has 1 aromatic rings. The maximum Gasteiger partial charge on any atom is 0.162 e. The Hall–Kier alpha value is -1.16. The van der Waals surface area contributed by atoms with Gasteiger partial charge in [0.2, 0.25) is 0 Å². The highest BCUT2D eigenvalue weighted by molar-refractivity contribution is 5.33. The van der Waals surface area contributed by atoms with E-state index in [0.717, 1.165) is 25.0 Å². The number of phenols is 1. The van der Waals surface area contributed by atoms with E-state index >= 15 is 0 Å². The molecule has 0 aliphatic carbocycles. The second-order valence-corrected chi connectivity index (χ2v) is 3.14. The molecule has 0 fully saturated rings. The summed E-state index contributed by atoms with van der Waals surface area (Å²) in [6.45, 7) is 0.560. The van der Waals surface area contributed by atoms with Gasteiger partial charge >= 0.3 is 0 Å². The molecule has 0 aliphatic heterocycles. The van der Waals surface area contributed by atoms with Gasteiger partial charge in [-0.1, -0.05) is 0 Å². The van der Waals surface area contributed by atoms with Crippen LogP contribution in [0.15, 0.2) is 12.1 Å². The minimum atomic E-state index is -1.02. The van der Waals surface area contributed by atoms with E-state index in [9.17, 15) is 13.9 Å². The number of hydrogen-bond donors (Lipinski definition) is 2. The van der Waals surface area contributed by atoms with Crippen LogP contribution in [0.25, 0.3) is 0 Å². The van der Waals surface area contributed by atoms with Gasteiger partial charge in [-0.3, -0.25) is 0 Å². The second kappa shape index (κ2) is 4.91. The van der Waals surface area contributed by atoms with E-state index in [1.807, 2.05) is 0 Å². The number of nitrogens with two attached hydrogens (primary N) is 1. The second-order valence-electron chi connectivity index (χ2n) is 3.14. The van der Waals surface area contributed by atoms with Crippen molar-refractivity contribution in [2.75, 3.05) is 6.54 Å². The molecular formula is C10H13F2NO. The maximum absolute atomic E-state index is 12.8. The molecule has 0 unspecified atom stereocenters. The summed E-state index contributed by atoms with van der Waals surface area (Å²) < 4.78 is 25.4. The Morgan fingerprint density at radius 3 is 2.43 bits per heavy atom. The van der Waals surface area contributed by atoms with Crippen molar-refractivity contribution < 1.29 is 13.9 Å². The number of aromatic hydroxyl groups is 1. The normalized spacial score (nSPS) is 10.5. The van der Waals surface area contributed by atoms with Crippen molar-refractivity contribution in [3.8, 4) is 5.75 Å². The lowest BCUT2D eigenvalue weighted by molar-refractivity contribution is 0.446. The van der Waals surface area contributed by atoms with Gasteiger partial charge in [0.05, 0.1) is 0 Å². The third kappa shape index (κ3) is 2.67. The first kappa shape index (κ1) is 10.9. The number of benzene rings is 1. The first-order valence-corrected chi connectivity index (χ1v) is 4.52. The van der Waals surface area contributed by atoms with Gasteiger partial charge in [-0.05, 0) is 37.4 Å². The van der Waals surface area contributed by atoms with Crippen LogP contribution >= 0.6 is 0 Å². The minimum absolute atomic E-state index is 0.194. The lowest BCUT2D eigenvalue weighted by atomic mass is 10.1. The predicted octanol–water partition coefficient (Wildman–Crippen LogP) is 1.95. The van der Waals surface area contributed by atoms with Crippen LogP contribution in [0.2, 0.25) is 0 Å². The number of phenolic OH excluding ortho intramolecular Hbond substituents is 1. The Balaban J connectivity index is 2.72. The summed E-state index contributed by atoms with van der Waals surface area (Å²) in [5.74, 6) is -2.14. The quantitative estimate of drug-likeness (QED) is 0.731. The smallest absolute Gasteiger partial charge is 0.162 e. The number of halogens is 2. The van der Waals surface area contributed by atoms with Crippen LogP contribution in [0.4, 0.5) is 8.78 Å². The van der Waals surface area contributed by atoms with Gasteiger partial charge in [0.25, 0.3) is 0 Å². The van der Waals surface area contributed by atoms with Gasteiger partial charge in [-0.15, -0.1) is 0 Å². The highest BCUT2D eigenvalue weighted by Crippen LogP contribution is 2.22. The molecule has 0 atom stereocenters. The van der Waals surface area contributed by atoms with Crippen molar-refractivity contribution >= 4 is 0 Å². The van der Waals surface area contributed by atoms with Crippen molar-refractivity contribution in [2.24, 2.45) is 5.73 Å². The Bertz CT molecular complexity index is 315. The van der Waals surface area contributed by atoms with Crippen molar-refractivity contribution in [3.05, 3.63) is 29.3 Å². The summed E-state index contributed by atoms with van der Waals surface area (Å²) in [7, 11) is 0. The lowest BCUT2D eigenvalue weighted by Crippen LogP contribution is -1.99. The van der Waals surface area contributed by atoms with E-state index in [0.29, 0.717) is 18.5 Å². The van der Waals surface area contributed by atoms with Crippen molar-refractivity contribution in [3.63, 3.8) is 0 Å². The first-order chi connectivity index (χ1) is 6.65. The van der Waals surface area contributed by atoms with Gasteiger partial charge in [-0.25, -0.2) is 8.78 Å². The lowest BCUT2D eigenvalue weighted by Gasteiger charge is -2.04. The van der Waals surface area contributed by atoms with Crippen molar-refractivity contribution in [2.45, 2.75) is 19.3 Å². The Kier molecular flexibility index (Phi) is 3.83. The molecule has 1 rings (SSSR count). The molecule has 78 valence electrons. The summed E-state index contributed by atoms with van der Waals surface area (Å²) >= 11 is 0. The standard InChI is InChI=1S/C10H13F2NO/c11-8-5-7(3-1-2-4-13)10(14)6-9(8)12/h5-6,14H,1-4,13H2. The molecular weight excluding hydrogens is 188 g/mol. The van der Waals surface area contributed by atoms with Crippen LogP contribution in [0, 0.1) is 11.6 Å². The zero-order valence-corrected chi connectivity index (χ0v) is 7.76. The van der Waals surface area contributed by atoms with E-state index in [-0.39, 0.29) is 5.75 Å². The van der Waals surface area contributed by atoms with Gasteiger partial charge < -0.3 is 10.8 Å². The first-order valence-electron chi connectivity index (χ1n) is 4.52. The molecule has 0 saturated carbocycles. The third-order valence-corrected chi connectivity index (χ3v) is 2.02. The predicted molar refractivity (Wildman–Crippen MR) is 50.0 cm³/mol. The molecule has 0 radical (unpaired) electrons. The van der Waals surface area contributed by atoms with Crippen molar-refractivity contribution in [1.29, 1.82) is 0 Å². The molecule has 0 saturated heterocycles. The number of rotatable bonds is 4. The summed E-state index contributed by atoms with van der Waals surface area (Å²) in [6.07, 6.45) is 2.08. The zero-order valence-electron chi connectivity index (χ0n) is 7.76.